The topological polar surface area (TPSA) is 42.4 Å². The Labute approximate surface area is 135 Å². The van der Waals surface area contributed by atoms with Gasteiger partial charge in [0.1, 0.15) is 18.1 Å². The van der Waals surface area contributed by atoms with Crippen LogP contribution in [0.5, 0.6) is 11.5 Å². The number of hydrogen-bond acceptors (Lipinski definition) is 3. The minimum Gasteiger partial charge on any atom is -0.507 e. The van der Waals surface area contributed by atoms with E-state index in [9.17, 15) is 5.11 Å². The summed E-state index contributed by atoms with van der Waals surface area (Å²) in [6.07, 6.45) is 6.42. The summed E-state index contributed by atoms with van der Waals surface area (Å²) >= 11 is 0. The van der Waals surface area contributed by atoms with Gasteiger partial charge in [0, 0.05) is 23.7 Å². The highest BCUT2D eigenvalue weighted by Crippen LogP contribution is 2.36. The molecule has 116 valence electrons. The van der Waals surface area contributed by atoms with Crippen molar-refractivity contribution < 1.29 is 9.84 Å². The van der Waals surface area contributed by atoms with Crippen molar-refractivity contribution in [2.24, 2.45) is 0 Å². The number of aromatic hydroxyl groups is 1. The first-order valence-electron chi connectivity index (χ1n) is 8.11. The second-order valence-corrected chi connectivity index (χ2v) is 6.08. The van der Waals surface area contributed by atoms with Crippen LogP contribution in [-0.4, -0.2) is 10.1 Å². The van der Waals surface area contributed by atoms with Gasteiger partial charge >= 0.3 is 0 Å². The number of benzene rings is 2. The lowest BCUT2D eigenvalue weighted by Crippen LogP contribution is -2.04. The zero-order valence-corrected chi connectivity index (χ0v) is 13.0. The number of ether oxygens (including phenoxy) is 1. The van der Waals surface area contributed by atoms with Crippen LogP contribution in [0.15, 0.2) is 48.7 Å². The van der Waals surface area contributed by atoms with Gasteiger partial charge in [0.2, 0.25) is 0 Å². The van der Waals surface area contributed by atoms with Crippen LogP contribution in [0, 0.1) is 0 Å². The molecule has 1 heterocycles. The fourth-order valence-electron chi connectivity index (χ4n) is 3.33. The molecule has 0 bridgehead atoms. The minimum atomic E-state index is 0.275. The van der Waals surface area contributed by atoms with E-state index in [1.54, 1.807) is 6.07 Å². The number of hydrogen-bond donors (Lipinski definition) is 1. The monoisotopic (exact) mass is 305 g/mol. The standard InChI is InChI=1S/C20H19NO2/c22-19-11-16(23-13-14-6-2-1-3-7-14)10-18-20(19)17-9-5-4-8-15(17)12-21-18/h1-3,6-7,10-12,22H,4-5,8-9,13H2. The molecule has 0 saturated carbocycles. The maximum atomic E-state index is 10.5. The van der Waals surface area contributed by atoms with Crippen LogP contribution in [0.4, 0.5) is 0 Å². The Bertz CT molecular complexity index is 843. The van der Waals surface area contributed by atoms with E-state index >= 15 is 0 Å². The van der Waals surface area contributed by atoms with Crippen molar-refractivity contribution >= 4 is 10.9 Å². The molecule has 1 aliphatic carbocycles. The van der Waals surface area contributed by atoms with Crippen molar-refractivity contribution in [2.75, 3.05) is 0 Å². The van der Waals surface area contributed by atoms with E-state index in [0.29, 0.717) is 12.4 Å². The minimum absolute atomic E-state index is 0.275. The van der Waals surface area contributed by atoms with Gasteiger partial charge in [-0.25, -0.2) is 0 Å². The highest BCUT2D eigenvalue weighted by molar-refractivity contribution is 5.90. The van der Waals surface area contributed by atoms with E-state index in [1.807, 2.05) is 42.6 Å². The fraction of sp³-hybridized carbons (Fsp3) is 0.250. The van der Waals surface area contributed by atoms with Gasteiger partial charge in [0.05, 0.1) is 5.52 Å². The Kier molecular flexibility index (Phi) is 3.62. The quantitative estimate of drug-likeness (QED) is 0.780. The molecule has 3 heteroatoms. The number of phenolic OH excluding ortho intramolecular Hbond substituents is 1. The molecule has 3 nitrogen and oxygen atoms in total. The van der Waals surface area contributed by atoms with E-state index < -0.39 is 0 Å². The summed E-state index contributed by atoms with van der Waals surface area (Å²) in [6.45, 7) is 0.483. The summed E-state index contributed by atoms with van der Waals surface area (Å²) in [5.41, 5.74) is 4.45. The van der Waals surface area contributed by atoms with E-state index in [2.05, 4.69) is 4.98 Å². The molecule has 1 N–H and O–H groups in total. The molecule has 0 fully saturated rings. The van der Waals surface area contributed by atoms with E-state index in [1.165, 1.54) is 24.0 Å². The molecule has 4 rings (SSSR count). The lowest BCUT2D eigenvalue weighted by atomic mass is 9.90. The smallest absolute Gasteiger partial charge is 0.128 e. The van der Waals surface area contributed by atoms with Crippen LogP contribution in [0.2, 0.25) is 0 Å². The molecule has 0 aliphatic heterocycles. The van der Waals surface area contributed by atoms with Gasteiger partial charge in [-0.3, -0.25) is 4.98 Å². The lowest BCUT2D eigenvalue weighted by molar-refractivity contribution is 0.305. The Morgan fingerprint density at radius 2 is 1.87 bits per heavy atom. The fourth-order valence-corrected chi connectivity index (χ4v) is 3.33. The summed E-state index contributed by atoms with van der Waals surface area (Å²) in [4.78, 5) is 4.53. The Hall–Kier alpha value is -2.55. The predicted molar refractivity (Wildman–Crippen MR) is 90.8 cm³/mol. The molecule has 0 spiro atoms. The molecule has 1 aromatic heterocycles. The van der Waals surface area contributed by atoms with Crippen LogP contribution in [-0.2, 0) is 19.4 Å². The maximum absolute atomic E-state index is 10.5. The molecule has 0 saturated heterocycles. The molecule has 1 aliphatic rings. The molecule has 0 atom stereocenters. The van der Waals surface area contributed by atoms with Crippen LogP contribution in [0.25, 0.3) is 10.9 Å². The average molecular weight is 305 g/mol. The summed E-state index contributed by atoms with van der Waals surface area (Å²) in [7, 11) is 0. The van der Waals surface area contributed by atoms with Gasteiger partial charge in [-0.1, -0.05) is 30.3 Å². The van der Waals surface area contributed by atoms with Crippen molar-refractivity contribution in [3.8, 4) is 11.5 Å². The van der Waals surface area contributed by atoms with E-state index in [4.69, 9.17) is 4.74 Å². The normalized spacial score (nSPS) is 13.7. The number of aryl methyl sites for hydroxylation is 2. The average Bonchev–Trinajstić information content (AvgIpc) is 2.60. The first-order valence-corrected chi connectivity index (χ1v) is 8.11. The van der Waals surface area contributed by atoms with Crippen LogP contribution >= 0.6 is 0 Å². The Morgan fingerprint density at radius 3 is 2.74 bits per heavy atom. The molecule has 0 unspecified atom stereocenters. The van der Waals surface area contributed by atoms with Crippen LogP contribution in [0.3, 0.4) is 0 Å². The number of aromatic nitrogens is 1. The summed E-state index contributed by atoms with van der Waals surface area (Å²) in [5.74, 6) is 0.930. The van der Waals surface area contributed by atoms with Gasteiger partial charge < -0.3 is 9.84 Å². The van der Waals surface area contributed by atoms with Crippen molar-refractivity contribution in [3.05, 3.63) is 65.4 Å². The number of nitrogens with zero attached hydrogens (tertiary/aromatic N) is 1. The zero-order valence-electron chi connectivity index (χ0n) is 13.0. The maximum Gasteiger partial charge on any atom is 0.128 e. The van der Waals surface area contributed by atoms with Crippen molar-refractivity contribution in [1.29, 1.82) is 0 Å². The van der Waals surface area contributed by atoms with Gasteiger partial charge in [-0.05, 0) is 42.4 Å². The van der Waals surface area contributed by atoms with Crippen molar-refractivity contribution in [3.63, 3.8) is 0 Å². The predicted octanol–water partition coefficient (Wildman–Crippen LogP) is 4.40. The molecule has 3 aromatic rings. The first-order chi connectivity index (χ1) is 11.3. The second-order valence-electron chi connectivity index (χ2n) is 6.08. The van der Waals surface area contributed by atoms with Crippen molar-refractivity contribution in [1.82, 2.24) is 4.98 Å². The second kappa shape index (κ2) is 5.92. The highest BCUT2D eigenvalue weighted by Gasteiger charge is 2.16. The summed E-state index contributed by atoms with van der Waals surface area (Å²) in [6, 6.07) is 13.6. The first kappa shape index (κ1) is 14.1. The van der Waals surface area contributed by atoms with Crippen molar-refractivity contribution in [2.45, 2.75) is 32.3 Å². The van der Waals surface area contributed by atoms with Gasteiger partial charge in [0.15, 0.2) is 0 Å². The zero-order chi connectivity index (χ0) is 15.6. The Morgan fingerprint density at radius 1 is 1.04 bits per heavy atom. The number of rotatable bonds is 3. The van der Waals surface area contributed by atoms with Gasteiger partial charge in [0.25, 0.3) is 0 Å². The number of phenols is 1. The molecule has 0 radical (unpaired) electrons. The van der Waals surface area contributed by atoms with E-state index in [-0.39, 0.29) is 5.75 Å². The highest BCUT2D eigenvalue weighted by atomic mass is 16.5. The molecule has 23 heavy (non-hydrogen) atoms. The van der Waals surface area contributed by atoms with Crippen LogP contribution < -0.4 is 4.74 Å². The largest absolute Gasteiger partial charge is 0.507 e. The molecular weight excluding hydrogens is 286 g/mol. The molecule has 2 aromatic carbocycles. The number of pyridine rings is 1. The number of fused-ring (bicyclic) bond motifs is 3. The third kappa shape index (κ3) is 2.74. The lowest BCUT2D eigenvalue weighted by Gasteiger charge is -2.18. The van der Waals surface area contributed by atoms with Gasteiger partial charge in [-0.2, -0.15) is 0 Å². The van der Waals surface area contributed by atoms with Gasteiger partial charge in [-0.15, -0.1) is 0 Å². The molecular formula is C20H19NO2. The molecule has 0 amide bonds. The third-order valence-corrected chi connectivity index (χ3v) is 4.49. The Balaban J connectivity index is 1.67. The third-order valence-electron chi connectivity index (χ3n) is 4.49. The van der Waals surface area contributed by atoms with Crippen LogP contribution in [0.1, 0.15) is 29.5 Å². The SMILES string of the molecule is Oc1cc(OCc2ccccc2)cc2ncc3c(c12)CCCC3. The van der Waals surface area contributed by atoms with E-state index in [0.717, 1.165) is 29.3 Å². The summed E-state index contributed by atoms with van der Waals surface area (Å²) in [5, 5.41) is 11.4. The summed E-state index contributed by atoms with van der Waals surface area (Å²) < 4.78 is 5.83.